The second-order valence-corrected chi connectivity index (χ2v) is 8.63. The molecule has 0 aromatic heterocycles. The van der Waals surface area contributed by atoms with E-state index in [9.17, 15) is 36.6 Å². The zero-order chi connectivity index (χ0) is 21.2. The molecule has 33 heavy (non-hydrogen) atoms. The van der Waals surface area contributed by atoms with Crippen LogP contribution in [-0.4, -0.2) is 50.7 Å². The van der Waals surface area contributed by atoms with E-state index < -0.39 is 31.6 Å². The minimum atomic E-state index is -3.66. The molecule has 2 aromatic rings. The molecule has 0 saturated carbocycles. The van der Waals surface area contributed by atoms with Gasteiger partial charge in [-0.2, -0.15) is 0 Å². The molecule has 8 N–H and O–H groups in total. The molecule has 0 atom stereocenters. The van der Waals surface area contributed by atoms with E-state index in [0.717, 1.165) is 0 Å². The third kappa shape index (κ3) is 15.6. The number of hydrogen-bond acceptors (Lipinski definition) is 8. The summed E-state index contributed by atoms with van der Waals surface area (Å²) in [5.41, 5.74) is 0. The number of aliphatic carboxylic acids is 2. The monoisotopic (exact) mass is 558 g/mol. The van der Waals surface area contributed by atoms with Gasteiger partial charge in [0.05, 0.1) is 21.7 Å². The van der Waals surface area contributed by atoms with E-state index in [1.165, 1.54) is 24.3 Å². The van der Waals surface area contributed by atoms with Crippen LogP contribution in [-0.2, 0) is 48.7 Å². The number of benzene rings is 2. The van der Waals surface area contributed by atoms with Gasteiger partial charge in [-0.25, -0.2) is 16.8 Å². The molecule has 0 unspecified atom stereocenters. The molecule has 0 bridgehead atoms. The number of sulfone groups is 2. The molecule has 12 nitrogen and oxygen atoms in total. The van der Waals surface area contributed by atoms with Gasteiger partial charge < -0.3 is 41.7 Å². The van der Waals surface area contributed by atoms with Crippen molar-refractivity contribution in [1.29, 1.82) is 0 Å². The molecule has 15 heteroatoms. The minimum Gasteiger partial charge on any atom is -0.545 e. The van der Waals surface area contributed by atoms with Crippen LogP contribution in [0.25, 0.3) is 0 Å². The number of carboxylic acids is 2. The molecule has 0 amide bonds. The van der Waals surface area contributed by atoms with Gasteiger partial charge in [0.15, 0.2) is 19.7 Å². The third-order valence-electron chi connectivity index (χ3n) is 2.91. The van der Waals surface area contributed by atoms with Crippen LogP contribution in [0.5, 0.6) is 0 Å². The van der Waals surface area contributed by atoms with Gasteiger partial charge in [0.2, 0.25) is 0 Å². The van der Waals surface area contributed by atoms with Crippen molar-refractivity contribution < 1.29 is 78.0 Å². The van der Waals surface area contributed by atoms with Gasteiger partial charge in [0.1, 0.15) is 0 Å². The molecule has 0 aliphatic heterocycles. The number of carbonyl (C=O) groups excluding carboxylic acids is 2. The minimum absolute atomic E-state index is 0. The van der Waals surface area contributed by atoms with Crippen LogP contribution in [0.15, 0.2) is 93.4 Å². The van der Waals surface area contributed by atoms with Crippen LogP contribution >= 0.6 is 0 Å². The van der Waals surface area contributed by atoms with Crippen LogP contribution in [0.1, 0.15) is 0 Å². The topological polar surface area (TPSA) is 275 Å². The Hall–Kier alpha value is -2.78. The molecule has 2 aromatic carbocycles. The predicted octanol–water partition coefficient (Wildman–Crippen LogP) is -3.85. The van der Waals surface area contributed by atoms with E-state index in [1.807, 2.05) is 0 Å². The first-order valence-corrected chi connectivity index (χ1v) is 10.5. The fourth-order valence-corrected chi connectivity index (χ4v) is 3.64. The van der Waals surface area contributed by atoms with E-state index in [-0.39, 0.29) is 51.2 Å². The predicted molar refractivity (Wildman–Crippen MR) is 110 cm³/mol. The van der Waals surface area contributed by atoms with Crippen molar-refractivity contribution in [3.05, 3.63) is 83.6 Å². The molecule has 0 saturated heterocycles. The molecule has 0 aliphatic carbocycles. The number of rotatable bonds is 6. The molecule has 0 fully saturated rings. The number of carbonyl (C=O) groups is 2. The first kappa shape index (κ1) is 40.6. The standard InChI is InChI=1S/2C9H8O4S.4H2O.Zn/c2*10-9(11)6-7-14(12,13)8-4-2-1-3-5-8;;;;;/h2*1-7H,(H,10,11);4*1H2;/q;;;;;;+2/p-2/b2*7-6+;;;;;. The second-order valence-electron chi connectivity index (χ2n) is 4.96. The van der Waals surface area contributed by atoms with Crippen molar-refractivity contribution in [3.8, 4) is 0 Å². The third-order valence-corrected chi connectivity index (χ3v) is 5.76. The Morgan fingerprint density at radius 2 is 0.818 bits per heavy atom. The van der Waals surface area contributed by atoms with Crippen LogP contribution in [0.2, 0.25) is 0 Å². The van der Waals surface area contributed by atoms with Crippen LogP contribution in [0.4, 0.5) is 0 Å². The summed E-state index contributed by atoms with van der Waals surface area (Å²) in [5, 5.41) is 21.2. The van der Waals surface area contributed by atoms with Gasteiger partial charge in [0.25, 0.3) is 0 Å². The Labute approximate surface area is 202 Å². The van der Waals surface area contributed by atoms with Crippen molar-refractivity contribution in [2.24, 2.45) is 0 Å². The quantitative estimate of drug-likeness (QED) is 0.249. The Balaban J connectivity index is -0.000000138. The van der Waals surface area contributed by atoms with Crippen molar-refractivity contribution >= 4 is 31.6 Å². The van der Waals surface area contributed by atoms with Gasteiger partial charge in [-0.05, 0) is 36.4 Å². The normalized spacial score (nSPS) is 9.94. The molecule has 0 spiro atoms. The van der Waals surface area contributed by atoms with Gasteiger partial charge in [-0.15, -0.1) is 0 Å². The van der Waals surface area contributed by atoms with Gasteiger partial charge >= 0.3 is 19.5 Å². The smallest absolute Gasteiger partial charge is 0.545 e. The van der Waals surface area contributed by atoms with Gasteiger partial charge in [0, 0.05) is 10.8 Å². The fraction of sp³-hybridized carbons (Fsp3) is 0. The summed E-state index contributed by atoms with van der Waals surface area (Å²) in [6, 6.07) is 15.1. The van der Waals surface area contributed by atoms with E-state index in [4.69, 9.17) is 0 Å². The Kier molecular flexibility index (Phi) is 23.1. The zero-order valence-corrected chi connectivity index (χ0v) is 21.5. The number of hydrogen-bond donors (Lipinski definition) is 0. The van der Waals surface area contributed by atoms with Crippen LogP contribution in [0.3, 0.4) is 0 Å². The van der Waals surface area contributed by atoms with E-state index in [1.54, 1.807) is 36.4 Å². The van der Waals surface area contributed by atoms with Crippen LogP contribution < -0.4 is 10.2 Å². The van der Waals surface area contributed by atoms with E-state index in [2.05, 4.69) is 0 Å². The average Bonchev–Trinajstić information content (AvgIpc) is 2.67. The maximum atomic E-state index is 11.4. The zero-order valence-electron chi connectivity index (χ0n) is 16.9. The van der Waals surface area contributed by atoms with Crippen molar-refractivity contribution in [1.82, 2.24) is 0 Å². The molecule has 0 aliphatic rings. The first-order valence-electron chi connectivity index (χ1n) is 7.43. The van der Waals surface area contributed by atoms with Gasteiger partial charge in [-0.3, -0.25) is 0 Å². The van der Waals surface area contributed by atoms with Crippen LogP contribution in [0, 0.1) is 0 Å². The van der Waals surface area contributed by atoms with Crippen molar-refractivity contribution in [2.45, 2.75) is 9.79 Å². The van der Waals surface area contributed by atoms with Crippen molar-refractivity contribution in [3.63, 3.8) is 0 Å². The summed E-state index contributed by atoms with van der Waals surface area (Å²) in [5.74, 6) is -3.07. The van der Waals surface area contributed by atoms with Crippen molar-refractivity contribution in [2.75, 3.05) is 0 Å². The summed E-state index contributed by atoms with van der Waals surface area (Å²) < 4.78 is 45.4. The summed E-state index contributed by atoms with van der Waals surface area (Å²) >= 11 is 0. The number of carboxylic acid groups (broad SMARTS) is 2. The first-order chi connectivity index (χ1) is 13.0. The largest absolute Gasteiger partial charge is 2.00 e. The molecule has 2 rings (SSSR count). The summed E-state index contributed by atoms with van der Waals surface area (Å²) in [4.78, 5) is 20.1. The van der Waals surface area contributed by atoms with E-state index >= 15 is 0 Å². The average molecular weight is 560 g/mol. The summed E-state index contributed by atoms with van der Waals surface area (Å²) in [7, 11) is -7.31. The molecular formula is C18H22O12S2Zn. The molecular weight excluding hydrogens is 538 g/mol. The van der Waals surface area contributed by atoms with Gasteiger partial charge in [-0.1, -0.05) is 36.4 Å². The second kappa shape index (κ2) is 18.8. The maximum absolute atomic E-state index is 11.4. The summed E-state index contributed by atoms with van der Waals surface area (Å²) in [6.07, 6.45) is 0.977. The molecule has 0 radical (unpaired) electrons. The fourth-order valence-electron chi connectivity index (χ4n) is 1.67. The maximum Gasteiger partial charge on any atom is 2.00 e. The Morgan fingerprint density at radius 1 is 0.576 bits per heavy atom. The SMILES string of the molecule is O.O.O.O.O=C([O-])/C=C/S(=O)(=O)c1ccccc1.O=C([O-])/C=C/S(=O)(=O)c1ccccc1.[Zn+2]. The molecule has 180 valence electrons. The molecule has 0 heterocycles. The Bertz CT molecular complexity index is 992. The Morgan fingerprint density at radius 3 is 1.03 bits per heavy atom. The van der Waals surface area contributed by atoms with E-state index in [0.29, 0.717) is 23.0 Å². The summed E-state index contributed by atoms with van der Waals surface area (Å²) in [6.45, 7) is 0.